The van der Waals surface area contributed by atoms with Crippen molar-refractivity contribution in [2.75, 3.05) is 0 Å². The topological polar surface area (TPSA) is 238 Å². The molecule has 376 valence electrons. The van der Waals surface area contributed by atoms with Crippen LogP contribution in [0.3, 0.4) is 0 Å². The number of carbonyl (C=O) groups excluding carboxylic acids is 4. The molecule has 0 atom stereocenters. The van der Waals surface area contributed by atoms with Gasteiger partial charge in [-0.3, -0.25) is 29.9 Å². The first-order valence-electron chi connectivity index (χ1n) is 21.6. The molecular formula is C58H44Cu2N6O8. The molecule has 0 aliphatic carbocycles. The summed E-state index contributed by atoms with van der Waals surface area (Å²) in [6, 6.07) is 56.0. The number of hydrogen-bond donors (Lipinski definition) is 0. The van der Waals surface area contributed by atoms with Crippen molar-refractivity contribution >= 4 is 23.9 Å². The molecule has 0 amide bonds. The maximum Gasteiger partial charge on any atom is 2.00 e. The van der Waals surface area contributed by atoms with Crippen LogP contribution < -0.4 is 20.4 Å². The molecule has 0 aliphatic rings. The molecule has 6 aromatic heterocycles. The summed E-state index contributed by atoms with van der Waals surface area (Å²) in [6.07, 6.45) is 21.4. The zero-order valence-electron chi connectivity index (χ0n) is 39.0. The second kappa shape index (κ2) is 36.6. The van der Waals surface area contributed by atoms with Crippen LogP contribution in [0.1, 0.15) is 41.4 Å². The predicted octanol–water partition coefficient (Wildman–Crippen LogP) is 6.63. The number of benzene rings is 4. The number of nitrogens with zero attached hydrogens (tertiary/aromatic N) is 6. The number of aromatic nitrogens is 6. The average molecular weight is 1080 g/mol. The van der Waals surface area contributed by atoms with E-state index in [2.05, 4.69) is 29.9 Å². The van der Waals surface area contributed by atoms with Crippen molar-refractivity contribution in [3.8, 4) is 33.4 Å². The number of carboxylic acids is 4. The van der Waals surface area contributed by atoms with Crippen LogP contribution in [0.5, 0.6) is 0 Å². The van der Waals surface area contributed by atoms with E-state index in [0.717, 1.165) is 0 Å². The van der Waals surface area contributed by atoms with Gasteiger partial charge in [0.15, 0.2) is 0 Å². The molecule has 0 saturated carbocycles. The summed E-state index contributed by atoms with van der Waals surface area (Å²) in [4.78, 5) is 64.1. The van der Waals surface area contributed by atoms with Gasteiger partial charge in [-0.1, -0.05) is 121 Å². The summed E-state index contributed by atoms with van der Waals surface area (Å²) in [5.74, 6) is -4.52. The SMILES string of the molecule is O=C([O-])c1ccccc1.O=C([O-])c1ccccc1.O=C([O-])c1ccccc1.O=C([O-])c1ccccc1.[Cu+2].[Cu+2].c1cc(-c2ccncc2)ccn1.c1cc(-c2ccncc2)ccn1.c1cc(-c2ccncc2)ccn1. The molecule has 0 bridgehead atoms. The van der Waals surface area contributed by atoms with E-state index in [1.165, 1.54) is 81.9 Å². The zero-order chi connectivity index (χ0) is 51.4. The Labute approximate surface area is 449 Å². The van der Waals surface area contributed by atoms with Crippen molar-refractivity contribution in [1.82, 2.24) is 29.9 Å². The monoisotopic (exact) mass is 1080 g/mol. The molecule has 14 nitrogen and oxygen atoms in total. The van der Waals surface area contributed by atoms with E-state index in [1.807, 2.05) is 72.8 Å². The summed E-state index contributed by atoms with van der Waals surface area (Å²) >= 11 is 0. The van der Waals surface area contributed by atoms with Gasteiger partial charge in [-0.2, -0.15) is 0 Å². The Morgan fingerprint density at radius 3 is 0.432 bits per heavy atom. The number of carboxylic acid groups (broad SMARTS) is 4. The normalized spacial score (nSPS) is 9.03. The minimum Gasteiger partial charge on any atom is -0.545 e. The molecule has 74 heavy (non-hydrogen) atoms. The predicted molar refractivity (Wildman–Crippen MR) is 265 cm³/mol. The number of pyridine rings is 6. The van der Waals surface area contributed by atoms with Crippen LogP contribution in [0.15, 0.2) is 268 Å². The van der Waals surface area contributed by atoms with Crippen LogP contribution in [0.25, 0.3) is 33.4 Å². The van der Waals surface area contributed by atoms with E-state index in [1.54, 1.807) is 147 Å². The quantitative estimate of drug-likeness (QED) is 0.152. The van der Waals surface area contributed by atoms with Gasteiger partial charge in [0.25, 0.3) is 0 Å². The number of carbonyl (C=O) groups is 4. The van der Waals surface area contributed by atoms with E-state index >= 15 is 0 Å². The maximum atomic E-state index is 10.1. The van der Waals surface area contributed by atoms with E-state index in [-0.39, 0.29) is 56.4 Å². The minimum absolute atomic E-state index is 0. The van der Waals surface area contributed by atoms with Crippen LogP contribution in [0.2, 0.25) is 0 Å². The Morgan fingerprint density at radius 1 is 0.216 bits per heavy atom. The fourth-order valence-corrected chi connectivity index (χ4v) is 5.56. The van der Waals surface area contributed by atoms with Crippen molar-refractivity contribution in [3.63, 3.8) is 0 Å². The molecule has 0 N–H and O–H groups in total. The average Bonchev–Trinajstić information content (AvgIpc) is 3.46. The Kier molecular flexibility index (Phi) is 30.1. The van der Waals surface area contributed by atoms with Crippen LogP contribution in [0, 0.1) is 0 Å². The third-order valence-electron chi connectivity index (χ3n) is 9.12. The molecular weight excluding hydrogens is 1040 g/mol. The summed E-state index contributed by atoms with van der Waals surface area (Å²) < 4.78 is 0. The van der Waals surface area contributed by atoms with Crippen molar-refractivity contribution in [2.24, 2.45) is 0 Å². The van der Waals surface area contributed by atoms with Crippen molar-refractivity contribution in [2.45, 2.75) is 0 Å². The fraction of sp³-hybridized carbons (Fsp3) is 0. The second-order valence-electron chi connectivity index (χ2n) is 14.0. The molecule has 0 aliphatic heterocycles. The number of aromatic carboxylic acids is 4. The molecule has 2 radical (unpaired) electrons. The molecule has 6 heterocycles. The Bertz CT molecular complexity index is 2550. The van der Waals surface area contributed by atoms with E-state index in [4.69, 9.17) is 0 Å². The zero-order valence-corrected chi connectivity index (χ0v) is 40.8. The van der Waals surface area contributed by atoms with Gasteiger partial charge in [0.1, 0.15) is 0 Å². The molecule has 10 rings (SSSR count). The Hall–Kier alpha value is -9.30. The minimum atomic E-state index is -1.13. The van der Waals surface area contributed by atoms with Gasteiger partial charge in [0.05, 0.1) is 23.9 Å². The molecule has 0 spiro atoms. The fourth-order valence-electron chi connectivity index (χ4n) is 5.56. The van der Waals surface area contributed by atoms with Crippen LogP contribution in [-0.4, -0.2) is 53.8 Å². The first kappa shape index (κ1) is 60.8. The van der Waals surface area contributed by atoms with E-state index < -0.39 is 23.9 Å². The van der Waals surface area contributed by atoms with Gasteiger partial charge < -0.3 is 39.6 Å². The van der Waals surface area contributed by atoms with Crippen molar-refractivity contribution in [3.05, 3.63) is 291 Å². The summed E-state index contributed by atoms with van der Waals surface area (Å²) in [7, 11) is 0. The van der Waals surface area contributed by atoms with Crippen molar-refractivity contribution in [1.29, 1.82) is 0 Å². The third kappa shape index (κ3) is 24.5. The smallest absolute Gasteiger partial charge is 0.545 e. The Balaban J connectivity index is 0.000000296. The number of hydrogen-bond acceptors (Lipinski definition) is 14. The van der Waals surface area contributed by atoms with Crippen LogP contribution >= 0.6 is 0 Å². The Morgan fingerprint density at radius 2 is 0.338 bits per heavy atom. The third-order valence-corrected chi connectivity index (χ3v) is 9.12. The summed E-state index contributed by atoms with van der Waals surface area (Å²) in [5.41, 5.74) is 7.92. The molecule has 0 fully saturated rings. The standard InChI is InChI=1S/3C10H8N2.4C7H6O2.2Cu/c3*1-5-11-6-2-9(1)10-3-7-12-8-4-10;4*8-7(9)6-4-2-1-3-5-6;;/h3*1-8H;4*1-5H,(H,8,9);;/q;;;;;;;2*+2/p-4. The number of rotatable bonds is 7. The van der Waals surface area contributed by atoms with Crippen molar-refractivity contribution < 1.29 is 73.7 Å². The van der Waals surface area contributed by atoms with Gasteiger partial charge in [0, 0.05) is 74.4 Å². The van der Waals surface area contributed by atoms with Gasteiger partial charge in [-0.25, -0.2) is 0 Å². The van der Waals surface area contributed by atoms with Gasteiger partial charge >= 0.3 is 34.1 Å². The van der Waals surface area contributed by atoms with E-state index in [9.17, 15) is 39.6 Å². The second-order valence-corrected chi connectivity index (χ2v) is 14.0. The largest absolute Gasteiger partial charge is 2.00 e. The van der Waals surface area contributed by atoms with Crippen LogP contribution in [0.4, 0.5) is 0 Å². The van der Waals surface area contributed by atoms with Gasteiger partial charge in [-0.05, 0) is 128 Å². The van der Waals surface area contributed by atoms with Gasteiger partial charge in [-0.15, -0.1) is 0 Å². The van der Waals surface area contributed by atoms with Gasteiger partial charge in [0.2, 0.25) is 0 Å². The summed E-state index contributed by atoms with van der Waals surface area (Å²) in [5, 5.41) is 40.4. The van der Waals surface area contributed by atoms with Crippen LogP contribution in [-0.2, 0) is 34.1 Å². The maximum absolute atomic E-state index is 10.1. The molecule has 10 aromatic rings. The van der Waals surface area contributed by atoms with E-state index in [0.29, 0.717) is 0 Å². The first-order valence-corrected chi connectivity index (χ1v) is 21.6. The molecule has 16 heteroatoms. The molecule has 0 saturated heterocycles. The first-order chi connectivity index (χ1) is 35.1. The summed E-state index contributed by atoms with van der Waals surface area (Å²) in [6.45, 7) is 0. The molecule has 4 aromatic carbocycles. The molecule has 0 unspecified atom stereocenters.